The second-order valence-corrected chi connectivity index (χ2v) is 5.70. The maximum absolute atomic E-state index is 3.56. The van der Waals surface area contributed by atoms with Gasteiger partial charge in [0, 0.05) is 16.1 Å². The quantitative estimate of drug-likeness (QED) is 0.601. The second-order valence-electron chi connectivity index (χ2n) is 4.70. The summed E-state index contributed by atoms with van der Waals surface area (Å²) in [6, 6.07) is 19.4. The van der Waals surface area contributed by atoms with Gasteiger partial charge in [-0.15, -0.1) is 11.3 Å². The van der Waals surface area contributed by atoms with Gasteiger partial charge in [0.1, 0.15) is 0 Å². The van der Waals surface area contributed by atoms with Crippen LogP contribution in [0.25, 0.3) is 22.3 Å². The molecule has 0 bridgehead atoms. The first-order valence-corrected chi connectivity index (χ1v) is 7.30. The summed E-state index contributed by atoms with van der Waals surface area (Å²) in [6.45, 7) is 0.901. The zero-order valence-electron chi connectivity index (χ0n) is 10.4. The highest BCUT2D eigenvalue weighted by Crippen LogP contribution is 2.41. The van der Waals surface area contributed by atoms with Crippen LogP contribution in [0.1, 0.15) is 4.88 Å². The van der Waals surface area contributed by atoms with Crippen LogP contribution < -0.4 is 5.32 Å². The standard InChI is InChI=1S/C17H13NS/c1-2-6-13-12(5-1)14-7-3-4-8-16(14)18-11-17-15(13)9-10-19-17/h1-10,18H,11H2. The number of anilines is 1. The Bertz CT molecular complexity index is 742. The molecule has 0 saturated carbocycles. The molecule has 0 atom stereocenters. The van der Waals surface area contributed by atoms with Crippen LogP contribution in [-0.2, 0) is 6.54 Å². The van der Waals surface area contributed by atoms with E-state index in [-0.39, 0.29) is 0 Å². The van der Waals surface area contributed by atoms with E-state index in [0.29, 0.717) is 0 Å². The second kappa shape index (κ2) is 4.25. The molecule has 1 aromatic heterocycles. The predicted octanol–water partition coefficient (Wildman–Crippen LogP) is 5.01. The zero-order valence-corrected chi connectivity index (χ0v) is 11.2. The molecule has 0 saturated heterocycles. The van der Waals surface area contributed by atoms with E-state index in [0.717, 1.165) is 6.54 Å². The molecule has 2 heterocycles. The van der Waals surface area contributed by atoms with Crippen molar-refractivity contribution in [2.24, 2.45) is 0 Å². The summed E-state index contributed by atoms with van der Waals surface area (Å²) < 4.78 is 0. The van der Waals surface area contributed by atoms with Crippen molar-refractivity contribution in [1.29, 1.82) is 0 Å². The topological polar surface area (TPSA) is 12.0 Å². The summed E-state index contributed by atoms with van der Waals surface area (Å²) in [5.74, 6) is 0. The van der Waals surface area contributed by atoms with Gasteiger partial charge < -0.3 is 5.32 Å². The minimum atomic E-state index is 0.901. The fraction of sp³-hybridized carbons (Fsp3) is 0.0588. The Morgan fingerprint density at radius 3 is 2.26 bits per heavy atom. The molecule has 0 radical (unpaired) electrons. The fourth-order valence-electron chi connectivity index (χ4n) is 2.72. The molecule has 0 amide bonds. The molecule has 0 spiro atoms. The third-order valence-corrected chi connectivity index (χ3v) is 4.54. The van der Waals surface area contributed by atoms with E-state index in [1.807, 2.05) is 11.3 Å². The molecule has 4 rings (SSSR count). The summed E-state index contributed by atoms with van der Waals surface area (Å²) in [5.41, 5.74) is 6.52. The number of hydrogen-bond acceptors (Lipinski definition) is 2. The third kappa shape index (κ3) is 1.68. The lowest BCUT2D eigenvalue weighted by Crippen LogP contribution is -2.03. The van der Waals surface area contributed by atoms with Crippen molar-refractivity contribution in [2.75, 3.05) is 5.32 Å². The van der Waals surface area contributed by atoms with Gasteiger partial charge in [0.2, 0.25) is 0 Å². The molecular formula is C17H13NS. The predicted molar refractivity (Wildman–Crippen MR) is 82.5 cm³/mol. The van der Waals surface area contributed by atoms with Gasteiger partial charge in [-0.2, -0.15) is 0 Å². The Balaban J connectivity index is 2.07. The molecule has 0 unspecified atom stereocenters. The Morgan fingerprint density at radius 1 is 0.737 bits per heavy atom. The van der Waals surface area contributed by atoms with Crippen LogP contribution in [0.5, 0.6) is 0 Å². The minimum Gasteiger partial charge on any atom is -0.380 e. The van der Waals surface area contributed by atoms with Crippen molar-refractivity contribution < 1.29 is 0 Å². The molecule has 19 heavy (non-hydrogen) atoms. The van der Waals surface area contributed by atoms with Crippen LogP contribution in [0.15, 0.2) is 60.0 Å². The molecule has 3 aromatic rings. The van der Waals surface area contributed by atoms with Crippen LogP contribution in [0.2, 0.25) is 0 Å². The van der Waals surface area contributed by atoms with Gasteiger partial charge in [-0.05, 0) is 34.2 Å². The number of benzene rings is 2. The van der Waals surface area contributed by atoms with Crippen molar-refractivity contribution >= 4 is 17.0 Å². The number of thiophene rings is 1. The van der Waals surface area contributed by atoms with Crippen molar-refractivity contribution in [3.8, 4) is 22.3 Å². The Morgan fingerprint density at radius 2 is 1.42 bits per heavy atom. The van der Waals surface area contributed by atoms with Gasteiger partial charge in [-0.25, -0.2) is 0 Å². The largest absolute Gasteiger partial charge is 0.380 e. The van der Waals surface area contributed by atoms with Crippen molar-refractivity contribution in [3.63, 3.8) is 0 Å². The molecular weight excluding hydrogens is 250 g/mol. The number of nitrogens with one attached hydrogen (secondary N) is 1. The van der Waals surface area contributed by atoms with Crippen LogP contribution in [0.4, 0.5) is 5.69 Å². The first-order valence-electron chi connectivity index (χ1n) is 6.42. The molecule has 0 fully saturated rings. The maximum Gasteiger partial charge on any atom is 0.0500 e. The van der Waals surface area contributed by atoms with Gasteiger partial charge >= 0.3 is 0 Å². The van der Waals surface area contributed by atoms with E-state index < -0.39 is 0 Å². The van der Waals surface area contributed by atoms with E-state index in [4.69, 9.17) is 0 Å². The van der Waals surface area contributed by atoms with Gasteiger partial charge in [0.25, 0.3) is 0 Å². The lowest BCUT2D eigenvalue weighted by atomic mass is 9.92. The summed E-state index contributed by atoms with van der Waals surface area (Å²) >= 11 is 1.82. The highest BCUT2D eigenvalue weighted by atomic mass is 32.1. The van der Waals surface area contributed by atoms with E-state index in [9.17, 15) is 0 Å². The third-order valence-electron chi connectivity index (χ3n) is 3.62. The molecule has 2 aromatic carbocycles. The Hall–Kier alpha value is -2.06. The van der Waals surface area contributed by atoms with E-state index in [1.165, 1.54) is 32.8 Å². The molecule has 92 valence electrons. The molecule has 1 N–H and O–H groups in total. The highest BCUT2D eigenvalue weighted by molar-refractivity contribution is 7.10. The molecule has 1 nitrogen and oxygen atoms in total. The average Bonchev–Trinajstić information content (AvgIpc) is 2.91. The number of hydrogen-bond donors (Lipinski definition) is 1. The maximum atomic E-state index is 3.56. The van der Waals surface area contributed by atoms with E-state index >= 15 is 0 Å². The first kappa shape index (κ1) is 10.8. The summed E-state index contributed by atoms with van der Waals surface area (Å²) in [5, 5.41) is 5.74. The Labute approximate surface area is 116 Å². The SMILES string of the molecule is c1ccc2c(c1)NCc1sccc1-c1ccccc1-2. The Kier molecular flexibility index (Phi) is 2.42. The zero-order chi connectivity index (χ0) is 12.7. The van der Waals surface area contributed by atoms with E-state index in [2.05, 4.69) is 65.3 Å². The van der Waals surface area contributed by atoms with Crippen LogP contribution in [0, 0.1) is 0 Å². The lowest BCUT2D eigenvalue weighted by Gasteiger charge is -2.19. The number of para-hydroxylation sites is 1. The van der Waals surface area contributed by atoms with Gasteiger partial charge in [0.05, 0.1) is 6.54 Å². The highest BCUT2D eigenvalue weighted by Gasteiger charge is 2.16. The molecule has 0 aliphatic carbocycles. The average molecular weight is 263 g/mol. The molecule has 2 heteroatoms. The summed E-state index contributed by atoms with van der Waals surface area (Å²) in [6.07, 6.45) is 0. The van der Waals surface area contributed by atoms with Gasteiger partial charge in [-0.3, -0.25) is 0 Å². The monoisotopic (exact) mass is 263 g/mol. The molecule has 1 aliphatic rings. The minimum absolute atomic E-state index is 0.901. The van der Waals surface area contributed by atoms with Crippen molar-refractivity contribution in [2.45, 2.75) is 6.54 Å². The van der Waals surface area contributed by atoms with Gasteiger partial charge in [0.15, 0.2) is 0 Å². The van der Waals surface area contributed by atoms with Crippen LogP contribution >= 0.6 is 11.3 Å². The smallest absolute Gasteiger partial charge is 0.0500 e. The summed E-state index contributed by atoms with van der Waals surface area (Å²) in [4.78, 5) is 1.40. The summed E-state index contributed by atoms with van der Waals surface area (Å²) in [7, 11) is 0. The van der Waals surface area contributed by atoms with Crippen molar-refractivity contribution in [1.82, 2.24) is 0 Å². The van der Waals surface area contributed by atoms with Crippen molar-refractivity contribution in [3.05, 3.63) is 64.9 Å². The fourth-order valence-corrected chi connectivity index (χ4v) is 3.55. The lowest BCUT2D eigenvalue weighted by molar-refractivity contribution is 1.19. The van der Waals surface area contributed by atoms with Gasteiger partial charge in [-0.1, -0.05) is 42.5 Å². The van der Waals surface area contributed by atoms with Crippen LogP contribution in [-0.4, -0.2) is 0 Å². The van der Waals surface area contributed by atoms with E-state index in [1.54, 1.807) is 0 Å². The number of fused-ring (bicyclic) bond motifs is 5. The van der Waals surface area contributed by atoms with Crippen LogP contribution in [0.3, 0.4) is 0 Å². The first-order chi connectivity index (χ1) is 9.43. The number of rotatable bonds is 0. The normalized spacial score (nSPS) is 12.4. The molecule has 1 aliphatic heterocycles.